The fraction of sp³-hybridized carbons (Fsp3) is 0. The van der Waals surface area contributed by atoms with Crippen molar-refractivity contribution in [2.75, 3.05) is 0 Å². The Hall–Kier alpha value is 0.720. The predicted octanol–water partition coefficient (Wildman–Crippen LogP) is -2.69. The van der Waals surface area contributed by atoms with E-state index in [9.17, 15) is 0 Å². The topological polar surface area (TPSA) is 47.6 Å². The molecule has 33 valence electrons. The van der Waals surface area contributed by atoms with E-state index in [2.05, 4.69) is 0 Å². The van der Waals surface area contributed by atoms with Crippen LogP contribution in [-0.4, -0.2) is 0 Å². The van der Waals surface area contributed by atoms with Crippen molar-refractivity contribution in [1.82, 2.24) is 0 Å². The summed E-state index contributed by atoms with van der Waals surface area (Å²) in [6, 6.07) is 0. The molecule has 0 saturated carbocycles. The van der Waals surface area contributed by atoms with Crippen molar-refractivity contribution < 1.29 is 53.4 Å². The second kappa shape index (κ2) is 246. The predicted molar refractivity (Wildman–Crippen MR) is 11.0 cm³/mol. The molecule has 2 nitrogen and oxygen atoms in total. The molecule has 0 aliphatic rings. The molecule has 0 aromatic heterocycles. The van der Waals surface area contributed by atoms with Gasteiger partial charge in [-0.05, 0) is 0 Å². The maximum Gasteiger partial charge on any atom is 1.00 e. The summed E-state index contributed by atoms with van der Waals surface area (Å²) in [5.74, 6) is 0. The average Bonchev–Trinajstić information content (AvgIpc) is 1.50. The summed E-state index contributed by atoms with van der Waals surface area (Å²) < 4.78 is 0. The minimum Gasteiger partial charge on any atom is -1.00 e. The minimum atomic E-state index is 0. The first-order valence-electron chi connectivity index (χ1n) is 0.447. The molecule has 0 rings (SSSR count). The second-order valence-electron chi connectivity index (χ2n) is 0. The van der Waals surface area contributed by atoms with Crippen LogP contribution in [0.3, 0.4) is 0 Å². The van der Waals surface area contributed by atoms with Crippen LogP contribution < -0.4 is 29.6 Å². The van der Waals surface area contributed by atoms with Crippen molar-refractivity contribution in [2.24, 2.45) is 0 Å². The number of rotatable bonds is 0. The van der Waals surface area contributed by atoms with Crippen molar-refractivity contribution in [2.45, 2.75) is 0 Å². The molecular weight excluding hydrogens is 272 g/mol. The van der Waals surface area contributed by atoms with Gasteiger partial charge in [0, 0.05) is 22.4 Å². The number of nitrogens with zero attached hydrogens (tertiary/aromatic N) is 2. The molecule has 0 N–H and O–H groups in total. The van der Waals surface area contributed by atoms with Crippen LogP contribution in [0.1, 0.15) is 1.43 Å². The van der Waals surface area contributed by atoms with Crippen LogP contribution >= 0.6 is 0 Å². The third kappa shape index (κ3) is 126. The minimum absolute atomic E-state index is 0. The standard InChI is InChI=1S/2CN.Au.Na.H/c2*1-2;;;/q2*-1;;+1;-1. The van der Waals surface area contributed by atoms with E-state index in [1.54, 1.807) is 0 Å². The Balaban J connectivity index is -0.00000000267. The fourth-order valence-corrected chi connectivity index (χ4v) is 0. The molecule has 0 unspecified atom stereocenters. The zero-order valence-electron chi connectivity index (χ0n) is 4.20. The van der Waals surface area contributed by atoms with Crippen LogP contribution in [0.5, 0.6) is 0 Å². The molecule has 0 atom stereocenters. The van der Waals surface area contributed by atoms with E-state index in [0.29, 0.717) is 0 Å². The van der Waals surface area contributed by atoms with E-state index in [1.165, 1.54) is 0 Å². The average molecular weight is 273 g/mol. The molecule has 0 fully saturated rings. The van der Waals surface area contributed by atoms with Gasteiger partial charge in [-0.3, -0.25) is 0 Å². The summed E-state index contributed by atoms with van der Waals surface area (Å²) in [4.78, 5) is 0. The third-order valence-electron chi connectivity index (χ3n) is 0. The van der Waals surface area contributed by atoms with Gasteiger partial charge in [0.1, 0.15) is 0 Å². The molecule has 4 heteroatoms. The smallest absolute Gasteiger partial charge is 1.00 e. The van der Waals surface area contributed by atoms with E-state index in [4.69, 9.17) is 23.7 Å². The summed E-state index contributed by atoms with van der Waals surface area (Å²) in [5, 5.41) is 12.5. The van der Waals surface area contributed by atoms with Gasteiger partial charge < -0.3 is 25.1 Å². The second-order valence-corrected chi connectivity index (χ2v) is 0. The van der Waals surface area contributed by atoms with Crippen LogP contribution in [0.15, 0.2) is 0 Å². The van der Waals surface area contributed by atoms with Gasteiger partial charge in [0.25, 0.3) is 0 Å². The molecule has 0 aliphatic carbocycles. The maximum atomic E-state index is 6.25. The van der Waals surface area contributed by atoms with Crippen LogP contribution in [0, 0.1) is 23.7 Å². The van der Waals surface area contributed by atoms with Gasteiger partial charge in [0.05, 0.1) is 0 Å². The van der Waals surface area contributed by atoms with Gasteiger partial charge in [-0.1, -0.05) is 0 Å². The monoisotopic (exact) mass is 273 g/mol. The van der Waals surface area contributed by atoms with Crippen molar-refractivity contribution in [3.8, 4) is 0 Å². The maximum absolute atomic E-state index is 6.25. The van der Waals surface area contributed by atoms with Crippen molar-refractivity contribution in [3.05, 3.63) is 13.1 Å². The first kappa shape index (κ1) is 29.7. The molecular formula is C2HAuN2Na-2. The SMILES string of the molecule is [Au].[C-]#N.[C-]#N.[H-].[Na+]. The summed E-state index contributed by atoms with van der Waals surface area (Å²) >= 11 is 0. The molecule has 0 aromatic carbocycles. The molecule has 0 heterocycles. The third-order valence-corrected chi connectivity index (χ3v) is 0. The zero-order valence-corrected chi connectivity index (χ0v) is 7.36. The van der Waals surface area contributed by atoms with Crippen molar-refractivity contribution >= 4 is 0 Å². The Morgan fingerprint density at radius 1 is 1.00 bits per heavy atom. The molecule has 6 heavy (non-hydrogen) atoms. The van der Waals surface area contributed by atoms with E-state index in [1.807, 2.05) is 0 Å². The quantitative estimate of drug-likeness (QED) is 0.356. The van der Waals surface area contributed by atoms with Crippen LogP contribution in [-0.2, 0) is 22.4 Å². The van der Waals surface area contributed by atoms with Gasteiger partial charge in [0.2, 0.25) is 0 Å². The zero-order chi connectivity index (χ0) is 4.00. The molecule has 0 aromatic rings. The van der Waals surface area contributed by atoms with Crippen LogP contribution in [0.2, 0.25) is 0 Å². The summed E-state index contributed by atoms with van der Waals surface area (Å²) in [6.07, 6.45) is 0. The Bertz CT molecular complexity index is 31.2. The first-order valence-corrected chi connectivity index (χ1v) is 0.447. The van der Waals surface area contributed by atoms with Crippen molar-refractivity contribution in [1.29, 1.82) is 10.5 Å². The van der Waals surface area contributed by atoms with Crippen LogP contribution in [0.25, 0.3) is 0 Å². The summed E-state index contributed by atoms with van der Waals surface area (Å²) in [5.41, 5.74) is 0. The van der Waals surface area contributed by atoms with Crippen molar-refractivity contribution in [3.63, 3.8) is 0 Å². The van der Waals surface area contributed by atoms with E-state index in [-0.39, 0.29) is 53.4 Å². The Morgan fingerprint density at radius 3 is 1.00 bits per heavy atom. The normalized spacial score (nSPS) is 0.667. The Morgan fingerprint density at radius 2 is 1.00 bits per heavy atom. The first-order chi connectivity index (χ1) is 2.00. The molecule has 0 spiro atoms. The van der Waals surface area contributed by atoms with Gasteiger partial charge in [-0.15, -0.1) is 0 Å². The van der Waals surface area contributed by atoms with Crippen LogP contribution in [0.4, 0.5) is 0 Å². The van der Waals surface area contributed by atoms with Gasteiger partial charge in [-0.2, -0.15) is 0 Å². The number of hydrogen-bond donors (Lipinski definition) is 0. The summed E-state index contributed by atoms with van der Waals surface area (Å²) in [7, 11) is 0. The molecule has 0 bridgehead atoms. The number of hydrogen-bond acceptors (Lipinski definition) is 2. The Labute approximate surface area is 76.4 Å². The molecule has 0 saturated heterocycles. The molecule has 0 aliphatic heterocycles. The van der Waals surface area contributed by atoms with E-state index < -0.39 is 0 Å². The molecule has 0 amide bonds. The van der Waals surface area contributed by atoms with E-state index >= 15 is 0 Å². The largest absolute Gasteiger partial charge is 1.00 e. The van der Waals surface area contributed by atoms with Gasteiger partial charge in [-0.25, -0.2) is 0 Å². The van der Waals surface area contributed by atoms with E-state index in [0.717, 1.165) is 0 Å². The van der Waals surface area contributed by atoms with Gasteiger partial charge in [0.15, 0.2) is 0 Å². The molecule has 1 radical (unpaired) electrons. The summed E-state index contributed by atoms with van der Waals surface area (Å²) in [6.45, 7) is 9.50. The Kier molecular flexibility index (Phi) is 1220. The van der Waals surface area contributed by atoms with Gasteiger partial charge >= 0.3 is 29.6 Å². The fourth-order valence-electron chi connectivity index (χ4n) is 0.